The van der Waals surface area contributed by atoms with Gasteiger partial charge in [0, 0.05) is 5.92 Å². The highest BCUT2D eigenvalue weighted by molar-refractivity contribution is 5.18. The highest BCUT2D eigenvalue weighted by atomic mass is 16.3. The third kappa shape index (κ3) is 0.679. The third-order valence-corrected chi connectivity index (χ3v) is 3.95. The minimum Gasteiger partial charge on any atom is -0.393 e. The first-order chi connectivity index (χ1) is 5.77. The monoisotopic (exact) mass is 166 g/mol. The molecule has 0 spiro atoms. The van der Waals surface area contributed by atoms with Crippen LogP contribution in [0.25, 0.3) is 0 Å². The van der Waals surface area contributed by atoms with Crippen LogP contribution >= 0.6 is 0 Å². The SMILES string of the molecule is O[C@H]1C[C@H]2C=C[C@H]3C[C@H](O)C1C23. The van der Waals surface area contributed by atoms with E-state index in [0.717, 1.165) is 12.8 Å². The predicted octanol–water partition coefficient (Wildman–Crippen LogP) is 0.550. The second-order valence-electron chi connectivity index (χ2n) is 4.47. The molecule has 2 nitrogen and oxygen atoms in total. The topological polar surface area (TPSA) is 40.5 Å². The second-order valence-corrected chi connectivity index (χ2v) is 4.47. The fourth-order valence-electron chi connectivity index (χ4n) is 3.54. The van der Waals surface area contributed by atoms with Crippen molar-refractivity contribution < 1.29 is 10.2 Å². The minimum atomic E-state index is -0.245. The van der Waals surface area contributed by atoms with Crippen molar-refractivity contribution in [1.29, 1.82) is 0 Å². The minimum absolute atomic E-state index is 0.176. The summed E-state index contributed by atoms with van der Waals surface area (Å²) in [6.45, 7) is 0. The molecule has 2 saturated carbocycles. The summed E-state index contributed by atoms with van der Waals surface area (Å²) in [7, 11) is 0. The molecule has 0 heterocycles. The van der Waals surface area contributed by atoms with Crippen LogP contribution in [0.1, 0.15) is 12.8 Å². The van der Waals surface area contributed by atoms with Gasteiger partial charge in [-0.15, -0.1) is 0 Å². The van der Waals surface area contributed by atoms with Crippen molar-refractivity contribution in [2.75, 3.05) is 0 Å². The molecule has 0 radical (unpaired) electrons. The average Bonchev–Trinajstić information content (AvgIpc) is 2.57. The van der Waals surface area contributed by atoms with Gasteiger partial charge in [-0.1, -0.05) is 12.2 Å². The largest absolute Gasteiger partial charge is 0.393 e. The van der Waals surface area contributed by atoms with Gasteiger partial charge < -0.3 is 10.2 Å². The van der Waals surface area contributed by atoms with Gasteiger partial charge in [-0.3, -0.25) is 0 Å². The van der Waals surface area contributed by atoms with E-state index in [1.165, 1.54) is 0 Å². The average molecular weight is 166 g/mol. The summed E-state index contributed by atoms with van der Waals surface area (Å²) in [5.41, 5.74) is 0. The number of allylic oxidation sites excluding steroid dienone is 2. The van der Waals surface area contributed by atoms with Crippen molar-refractivity contribution in [2.24, 2.45) is 23.7 Å². The first-order valence-electron chi connectivity index (χ1n) is 4.82. The molecule has 6 atom stereocenters. The normalized spacial score (nSPS) is 61.2. The van der Waals surface area contributed by atoms with E-state index in [1.54, 1.807) is 0 Å². The van der Waals surface area contributed by atoms with Crippen LogP contribution in [0.15, 0.2) is 12.2 Å². The second kappa shape index (κ2) is 2.12. The van der Waals surface area contributed by atoms with Gasteiger partial charge in [-0.2, -0.15) is 0 Å². The molecule has 0 aromatic rings. The Kier molecular flexibility index (Phi) is 1.25. The zero-order valence-corrected chi connectivity index (χ0v) is 6.93. The van der Waals surface area contributed by atoms with E-state index in [9.17, 15) is 10.2 Å². The molecule has 0 aromatic carbocycles. The van der Waals surface area contributed by atoms with Crippen LogP contribution in [0.2, 0.25) is 0 Å². The Morgan fingerprint density at radius 3 is 1.83 bits per heavy atom. The van der Waals surface area contributed by atoms with Gasteiger partial charge in [-0.25, -0.2) is 0 Å². The lowest BCUT2D eigenvalue weighted by molar-refractivity contribution is 0.0401. The van der Waals surface area contributed by atoms with Crippen LogP contribution in [-0.2, 0) is 0 Å². The zero-order chi connectivity index (χ0) is 8.29. The van der Waals surface area contributed by atoms with Crippen molar-refractivity contribution in [1.82, 2.24) is 0 Å². The van der Waals surface area contributed by atoms with E-state index in [-0.39, 0.29) is 18.1 Å². The van der Waals surface area contributed by atoms with Crippen molar-refractivity contribution in [3.63, 3.8) is 0 Å². The molecule has 0 amide bonds. The fourth-order valence-corrected chi connectivity index (χ4v) is 3.54. The molecular weight excluding hydrogens is 152 g/mol. The molecule has 0 bridgehead atoms. The summed E-state index contributed by atoms with van der Waals surface area (Å²) < 4.78 is 0. The Morgan fingerprint density at radius 1 is 0.833 bits per heavy atom. The number of rotatable bonds is 0. The van der Waals surface area contributed by atoms with Crippen molar-refractivity contribution in [2.45, 2.75) is 25.0 Å². The van der Waals surface area contributed by atoms with E-state index >= 15 is 0 Å². The summed E-state index contributed by atoms with van der Waals surface area (Å²) in [5, 5.41) is 19.4. The molecule has 3 rings (SSSR count). The Labute approximate surface area is 71.9 Å². The van der Waals surface area contributed by atoms with Gasteiger partial charge in [0.2, 0.25) is 0 Å². The van der Waals surface area contributed by atoms with Crippen molar-refractivity contribution in [3.8, 4) is 0 Å². The standard InChI is InChI=1S/C10H14O2/c11-7-3-5-1-2-6-4-8(12)10(7)9(5)6/h1-2,5-12H,3-4H2/t5-,6+,7-,8-,9?,10?/m0/s1. The molecule has 12 heavy (non-hydrogen) atoms. The molecule has 2 heteroatoms. The third-order valence-electron chi connectivity index (χ3n) is 3.95. The Morgan fingerprint density at radius 2 is 1.33 bits per heavy atom. The van der Waals surface area contributed by atoms with Crippen LogP contribution < -0.4 is 0 Å². The molecule has 2 N–H and O–H groups in total. The maximum atomic E-state index is 9.70. The first-order valence-corrected chi connectivity index (χ1v) is 4.82. The maximum absolute atomic E-state index is 9.70. The molecule has 0 aliphatic heterocycles. The van der Waals surface area contributed by atoms with E-state index in [0.29, 0.717) is 17.8 Å². The summed E-state index contributed by atoms with van der Waals surface area (Å²) in [4.78, 5) is 0. The van der Waals surface area contributed by atoms with Crippen LogP contribution in [-0.4, -0.2) is 22.4 Å². The van der Waals surface area contributed by atoms with Crippen molar-refractivity contribution in [3.05, 3.63) is 12.2 Å². The highest BCUT2D eigenvalue weighted by Gasteiger charge is 2.54. The van der Waals surface area contributed by atoms with E-state index in [2.05, 4.69) is 12.2 Å². The Hall–Kier alpha value is -0.340. The molecule has 0 saturated heterocycles. The van der Waals surface area contributed by atoms with Gasteiger partial charge in [0.1, 0.15) is 0 Å². The quantitative estimate of drug-likeness (QED) is 0.516. The summed E-state index contributed by atoms with van der Waals surface area (Å²) in [5.74, 6) is 1.87. The lowest BCUT2D eigenvalue weighted by Gasteiger charge is -2.17. The highest BCUT2D eigenvalue weighted by Crippen LogP contribution is 2.55. The summed E-state index contributed by atoms with van der Waals surface area (Å²) in [6, 6.07) is 0. The van der Waals surface area contributed by atoms with Crippen LogP contribution in [0.4, 0.5) is 0 Å². The number of hydrogen-bond donors (Lipinski definition) is 2. The van der Waals surface area contributed by atoms with Crippen LogP contribution in [0.5, 0.6) is 0 Å². The molecule has 3 aliphatic carbocycles. The lowest BCUT2D eigenvalue weighted by atomic mass is 9.91. The molecule has 2 unspecified atom stereocenters. The van der Waals surface area contributed by atoms with Gasteiger partial charge in [0.05, 0.1) is 12.2 Å². The maximum Gasteiger partial charge on any atom is 0.0601 e. The molecule has 3 aliphatic rings. The molecule has 66 valence electrons. The van der Waals surface area contributed by atoms with Gasteiger partial charge >= 0.3 is 0 Å². The van der Waals surface area contributed by atoms with Crippen LogP contribution in [0, 0.1) is 23.7 Å². The number of aliphatic hydroxyl groups is 2. The van der Waals surface area contributed by atoms with Gasteiger partial charge in [-0.05, 0) is 30.6 Å². The van der Waals surface area contributed by atoms with Gasteiger partial charge in [0.15, 0.2) is 0 Å². The fraction of sp³-hybridized carbons (Fsp3) is 0.800. The number of aliphatic hydroxyl groups excluding tert-OH is 2. The summed E-state index contributed by atoms with van der Waals surface area (Å²) >= 11 is 0. The van der Waals surface area contributed by atoms with E-state index in [4.69, 9.17) is 0 Å². The molecular formula is C10H14O2. The lowest BCUT2D eigenvalue weighted by Crippen LogP contribution is -2.25. The van der Waals surface area contributed by atoms with Gasteiger partial charge in [0.25, 0.3) is 0 Å². The van der Waals surface area contributed by atoms with E-state index < -0.39 is 0 Å². The smallest absolute Gasteiger partial charge is 0.0601 e. The Bertz CT molecular complexity index is 214. The Balaban J connectivity index is 1.99. The number of hydrogen-bond acceptors (Lipinski definition) is 2. The first kappa shape index (κ1) is 7.10. The van der Waals surface area contributed by atoms with E-state index in [1.807, 2.05) is 0 Å². The molecule has 0 aromatic heterocycles. The zero-order valence-electron chi connectivity index (χ0n) is 6.93. The van der Waals surface area contributed by atoms with Crippen molar-refractivity contribution >= 4 is 0 Å². The molecule has 2 fully saturated rings. The summed E-state index contributed by atoms with van der Waals surface area (Å²) in [6.07, 6.45) is 5.74. The predicted molar refractivity (Wildman–Crippen MR) is 44.3 cm³/mol. The van der Waals surface area contributed by atoms with Crippen LogP contribution in [0.3, 0.4) is 0 Å².